The van der Waals surface area contributed by atoms with Gasteiger partial charge in [0, 0.05) is 0 Å². The Labute approximate surface area is 121 Å². The number of benzene rings is 1. The molecule has 0 heterocycles. The summed E-state index contributed by atoms with van der Waals surface area (Å²) < 4.78 is 5.31. The molecule has 0 spiro atoms. The van der Waals surface area contributed by atoms with Gasteiger partial charge in [0.1, 0.15) is 5.60 Å². The lowest BCUT2D eigenvalue weighted by Gasteiger charge is -2.36. The summed E-state index contributed by atoms with van der Waals surface area (Å²) in [4.78, 5) is 11.1. The monoisotopic (exact) mass is 276 g/mol. The van der Waals surface area contributed by atoms with E-state index in [1.165, 1.54) is 5.56 Å². The highest BCUT2D eigenvalue weighted by Gasteiger charge is 2.38. The zero-order valence-electron chi connectivity index (χ0n) is 12.6. The van der Waals surface area contributed by atoms with Crippen molar-refractivity contribution in [2.24, 2.45) is 0 Å². The molecule has 0 bridgehead atoms. The van der Waals surface area contributed by atoms with Crippen molar-refractivity contribution in [1.82, 2.24) is 0 Å². The molecule has 0 aliphatic heterocycles. The van der Waals surface area contributed by atoms with Gasteiger partial charge >= 0.3 is 6.16 Å². The zero-order valence-corrected chi connectivity index (χ0v) is 12.6. The third-order valence-corrected chi connectivity index (χ3v) is 4.22. The van der Waals surface area contributed by atoms with Crippen LogP contribution in [0.5, 0.6) is 0 Å². The first-order valence-corrected chi connectivity index (χ1v) is 7.36. The molecule has 0 aromatic heterocycles. The predicted octanol–water partition coefficient (Wildman–Crippen LogP) is 4.84. The summed E-state index contributed by atoms with van der Waals surface area (Å²) in [5, 5.41) is 9.05. The fourth-order valence-corrected chi connectivity index (χ4v) is 3.01. The number of carbonyl (C=O) groups is 1. The van der Waals surface area contributed by atoms with E-state index in [1.54, 1.807) is 0 Å². The van der Waals surface area contributed by atoms with Crippen LogP contribution >= 0.6 is 0 Å². The van der Waals surface area contributed by atoms with E-state index in [9.17, 15) is 4.79 Å². The summed E-state index contributed by atoms with van der Waals surface area (Å²) >= 11 is 0. The normalized spacial score (nSPS) is 18.6. The summed E-state index contributed by atoms with van der Waals surface area (Å²) in [5.41, 5.74) is 1.71. The molecular weight excluding hydrogens is 252 g/mol. The summed E-state index contributed by atoms with van der Waals surface area (Å²) in [7, 11) is 0. The first-order chi connectivity index (χ1) is 9.33. The lowest BCUT2D eigenvalue weighted by atomic mass is 9.78. The van der Waals surface area contributed by atoms with Crippen LogP contribution in [0.2, 0.25) is 0 Å². The average molecular weight is 276 g/mol. The van der Waals surface area contributed by atoms with Gasteiger partial charge in [-0.05, 0) is 42.2 Å². The first kappa shape index (κ1) is 14.9. The minimum atomic E-state index is -1.17. The fraction of sp³-hybridized carbons (Fsp3) is 0.588. The van der Waals surface area contributed by atoms with Gasteiger partial charge < -0.3 is 9.84 Å². The van der Waals surface area contributed by atoms with Gasteiger partial charge in [-0.25, -0.2) is 4.79 Å². The van der Waals surface area contributed by atoms with Crippen LogP contribution < -0.4 is 0 Å². The minimum Gasteiger partial charge on any atom is -0.450 e. The molecular formula is C17H24O3. The SMILES string of the molecule is CC(C)(C)c1ccc(C2(OC(=O)O)CCCCC2)cc1. The van der Waals surface area contributed by atoms with Crippen molar-refractivity contribution in [1.29, 1.82) is 0 Å². The van der Waals surface area contributed by atoms with Crippen LogP contribution in [-0.2, 0) is 15.8 Å². The van der Waals surface area contributed by atoms with Crippen molar-refractivity contribution in [3.63, 3.8) is 0 Å². The molecule has 0 atom stereocenters. The van der Waals surface area contributed by atoms with Gasteiger partial charge in [0.2, 0.25) is 0 Å². The van der Waals surface area contributed by atoms with Gasteiger partial charge in [-0.1, -0.05) is 51.5 Å². The van der Waals surface area contributed by atoms with E-state index in [-0.39, 0.29) is 5.41 Å². The van der Waals surface area contributed by atoms with Crippen LogP contribution in [0.4, 0.5) is 4.79 Å². The second kappa shape index (κ2) is 5.47. The van der Waals surface area contributed by atoms with E-state index in [0.29, 0.717) is 0 Å². The van der Waals surface area contributed by atoms with Crippen LogP contribution in [0.1, 0.15) is 64.0 Å². The van der Waals surface area contributed by atoms with Crippen LogP contribution in [0, 0.1) is 0 Å². The van der Waals surface area contributed by atoms with Gasteiger partial charge in [0.15, 0.2) is 0 Å². The maximum Gasteiger partial charge on any atom is 0.506 e. The summed E-state index contributed by atoms with van der Waals surface area (Å²) in [6.07, 6.45) is 3.60. The summed E-state index contributed by atoms with van der Waals surface area (Å²) in [5.74, 6) is 0. The van der Waals surface area contributed by atoms with Gasteiger partial charge in [-0.15, -0.1) is 0 Å². The van der Waals surface area contributed by atoms with Crippen molar-refractivity contribution in [2.45, 2.75) is 63.9 Å². The number of rotatable bonds is 2. The van der Waals surface area contributed by atoms with Crippen molar-refractivity contribution in [2.75, 3.05) is 0 Å². The van der Waals surface area contributed by atoms with Gasteiger partial charge in [-0.3, -0.25) is 0 Å². The number of hydrogen-bond acceptors (Lipinski definition) is 2. The summed E-state index contributed by atoms with van der Waals surface area (Å²) in [6, 6.07) is 8.26. The van der Waals surface area contributed by atoms with Gasteiger partial charge in [0.25, 0.3) is 0 Å². The lowest BCUT2D eigenvalue weighted by molar-refractivity contribution is -0.0461. The molecule has 1 aliphatic rings. The highest BCUT2D eigenvalue weighted by molar-refractivity contribution is 5.58. The van der Waals surface area contributed by atoms with Crippen molar-refractivity contribution < 1.29 is 14.6 Å². The molecule has 0 saturated heterocycles. The number of hydrogen-bond donors (Lipinski definition) is 1. The van der Waals surface area contributed by atoms with E-state index in [4.69, 9.17) is 9.84 Å². The molecule has 1 N–H and O–H groups in total. The molecule has 0 amide bonds. The van der Waals surface area contributed by atoms with Crippen LogP contribution in [0.3, 0.4) is 0 Å². The quantitative estimate of drug-likeness (QED) is 0.786. The second-order valence-corrected chi connectivity index (χ2v) is 6.75. The fourth-order valence-electron chi connectivity index (χ4n) is 3.01. The maximum absolute atomic E-state index is 11.1. The Bertz CT molecular complexity index is 462. The Morgan fingerprint density at radius 2 is 1.65 bits per heavy atom. The van der Waals surface area contributed by atoms with Crippen LogP contribution in [0.15, 0.2) is 24.3 Å². The lowest BCUT2D eigenvalue weighted by Crippen LogP contribution is -2.34. The van der Waals surface area contributed by atoms with E-state index < -0.39 is 11.8 Å². The van der Waals surface area contributed by atoms with E-state index >= 15 is 0 Å². The van der Waals surface area contributed by atoms with Crippen molar-refractivity contribution >= 4 is 6.16 Å². The third-order valence-electron chi connectivity index (χ3n) is 4.22. The molecule has 0 unspecified atom stereocenters. The Balaban J connectivity index is 2.31. The minimum absolute atomic E-state index is 0.103. The zero-order chi connectivity index (χ0) is 14.8. The predicted molar refractivity (Wildman–Crippen MR) is 79.0 cm³/mol. The van der Waals surface area contributed by atoms with E-state index in [0.717, 1.165) is 37.7 Å². The molecule has 1 fully saturated rings. The highest BCUT2D eigenvalue weighted by Crippen LogP contribution is 2.41. The number of ether oxygens (including phenoxy) is 1. The first-order valence-electron chi connectivity index (χ1n) is 7.36. The van der Waals surface area contributed by atoms with Gasteiger partial charge in [-0.2, -0.15) is 0 Å². The smallest absolute Gasteiger partial charge is 0.450 e. The largest absolute Gasteiger partial charge is 0.506 e. The highest BCUT2D eigenvalue weighted by atomic mass is 16.7. The Hall–Kier alpha value is -1.51. The van der Waals surface area contributed by atoms with Gasteiger partial charge in [0.05, 0.1) is 0 Å². The van der Waals surface area contributed by atoms with Crippen molar-refractivity contribution in [3.8, 4) is 0 Å². The standard InChI is InChI=1S/C17H24O3/c1-16(2,3)13-7-9-14(10-8-13)17(20-15(18)19)11-5-4-6-12-17/h7-10H,4-6,11-12H2,1-3H3,(H,18,19). The van der Waals surface area contributed by atoms with Crippen molar-refractivity contribution in [3.05, 3.63) is 35.4 Å². The third kappa shape index (κ3) is 3.14. The molecule has 1 saturated carbocycles. The molecule has 1 aromatic rings. The molecule has 0 radical (unpaired) electrons. The molecule has 1 aliphatic carbocycles. The molecule has 110 valence electrons. The molecule has 1 aromatic carbocycles. The second-order valence-electron chi connectivity index (χ2n) is 6.75. The Kier molecular flexibility index (Phi) is 4.07. The Morgan fingerprint density at radius 3 is 2.10 bits per heavy atom. The molecule has 3 nitrogen and oxygen atoms in total. The van der Waals surface area contributed by atoms with E-state index in [2.05, 4.69) is 32.9 Å². The molecule has 20 heavy (non-hydrogen) atoms. The van der Waals surface area contributed by atoms with E-state index in [1.807, 2.05) is 12.1 Å². The number of carboxylic acid groups (broad SMARTS) is 1. The average Bonchev–Trinajstić information content (AvgIpc) is 2.38. The van der Waals surface area contributed by atoms with Crippen LogP contribution in [0.25, 0.3) is 0 Å². The topological polar surface area (TPSA) is 46.5 Å². The molecule has 3 heteroatoms. The maximum atomic E-state index is 11.1. The molecule has 2 rings (SSSR count). The Morgan fingerprint density at radius 1 is 1.10 bits per heavy atom. The summed E-state index contributed by atoms with van der Waals surface area (Å²) in [6.45, 7) is 6.52. The van der Waals surface area contributed by atoms with Crippen LogP contribution in [-0.4, -0.2) is 11.3 Å².